The Morgan fingerprint density at radius 3 is 1.67 bits per heavy atom. The highest BCUT2D eigenvalue weighted by Gasteiger charge is 2.51. The Hall–Kier alpha value is -5.45. The molecule has 7 aromatic rings. The van der Waals surface area contributed by atoms with E-state index in [2.05, 4.69) is 158 Å². The van der Waals surface area contributed by atoms with Gasteiger partial charge >= 0.3 is 0 Å². The van der Waals surface area contributed by atoms with Gasteiger partial charge in [-0.25, -0.2) is 9.97 Å². The molecule has 3 aliphatic rings. The predicted octanol–water partition coefficient (Wildman–Crippen LogP) is 11.6. The second-order valence-electron chi connectivity index (χ2n) is 13.1. The largest absolute Gasteiger partial charge is 0.457 e. The third kappa shape index (κ3) is 4.44. The molecule has 3 nitrogen and oxygen atoms in total. The van der Waals surface area contributed by atoms with Crippen molar-refractivity contribution in [1.29, 1.82) is 0 Å². The van der Waals surface area contributed by atoms with Crippen molar-refractivity contribution in [3.63, 3.8) is 0 Å². The number of thioether (sulfide) groups is 1. The maximum Gasteiger partial charge on any atom is 0.142 e. The lowest BCUT2D eigenvalue weighted by Crippen LogP contribution is -2.32. The highest BCUT2D eigenvalue weighted by molar-refractivity contribution is 8.00. The van der Waals surface area contributed by atoms with Crippen molar-refractivity contribution < 1.29 is 4.74 Å². The lowest BCUT2D eigenvalue weighted by molar-refractivity contribution is 0.436. The van der Waals surface area contributed by atoms with Crippen LogP contribution in [0.5, 0.6) is 11.5 Å². The van der Waals surface area contributed by atoms with E-state index in [-0.39, 0.29) is 5.25 Å². The summed E-state index contributed by atoms with van der Waals surface area (Å²) < 4.78 is 6.69. The molecule has 6 aromatic carbocycles. The smallest absolute Gasteiger partial charge is 0.142 e. The number of aromatic nitrogens is 2. The van der Waals surface area contributed by atoms with E-state index in [9.17, 15) is 0 Å². The molecule has 0 saturated carbocycles. The van der Waals surface area contributed by atoms with Crippen LogP contribution in [0.4, 0.5) is 0 Å². The molecule has 0 bridgehead atoms. The first-order valence-electron chi connectivity index (χ1n) is 17.0. The molecule has 1 fully saturated rings. The van der Waals surface area contributed by atoms with Gasteiger partial charge in [0.25, 0.3) is 0 Å². The molecule has 0 amide bonds. The molecule has 1 aromatic heterocycles. The molecule has 234 valence electrons. The minimum absolute atomic E-state index is 0.200. The van der Waals surface area contributed by atoms with Crippen LogP contribution < -0.4 is 4.74 Å². The molecule has 3 heterocycles. The summed E-state index contributed by atoms with van der Waals surface area (Å²) in [5, 5.41) is 0.520. The van der Waals surface area contributed by atoms with Crippen molar-refractivity contribution in [2.45, 2.75) is 28.8 Å². The Morgan fingerprint density at radius 2 is 1.02 bits per heavy atom. The Labute approximate surface area is 290 Å². The fourth-order valence-electron chi connectivity index (χ4n) is 8.27. The highest BCUT2D eigenvalue weighted by atomic mass is 32.2. The molecule has 2 aliphatic heterocycles. The highest BCUT2D eigenvalue weighted by Crippen LogP contribution is 2.63. The van der Waals surface area contributed by atoms with Gasteiger partial charge in [-0.05, 0) is 64.9 Å². The molecular weight excluding hydrogens is 617 g/mol. The third-order valence-electron chi connectivity index (χ3n) is 10.4. The van der Waals surface area contributed by atoms with Crippen LogP contribution in [0.15, 0.2) is 158 Å². The normalized spacial score (nSPS) is 17.9. The number of para-hydroxylation sites is 1. The van der Waals surface area contributed by atoms with Crippen LogP contribution in [0.3, 0.4) is 0 Å². The first kappa shape index (κ1) is 28.6. The second-order valence-corrected chi connectivity index (χ2v) is 14.5. The zero-order chi connectivity index (χ0) is 32.4. The predicted molar refractivity (Wildman–Crippen MR) is 199 cm³/mol. The lowest BCUT2D eigenvalue weighted by Gasteiger charge is -2.39. The minimum Gasteiger partial charge on any atom is -0.457 e. The number of ether oxygens (including phenoxy) is 1. The molecule has 0 radical (unpaired) electrons. The summed E-state index contributed by atoms with van der Waals surface area (Å²) in [4.78, 5) is 10.4. The van der Waals surface area contributed by atoms with Gasteiger partial charge in [0.2, 0.25) is 0 Å². The monoisotopic (exact) mass is 648 g/mol. The summed E-state index contributed by atoms with van der Waals surface area (Å²) in [5.74, 6) is 2.77. The molecule has 2 atom stereocenters. The van der Waals surface area contributed by atoms with Gasteiger partial charge in [0.15, 0.2) is 0 Å². The Bertz CT molecular complexity index is 2270. The van der Waals surface area contributed by atoms with Crippen LogP contribution in [0.1, 0.15) is 57.0 Å². The van der Waals surface area contributed by atoms with E-state index in [0.29, 0.717) is 5.25 Å². The van der Waals surface area contributed by atoms with Crippen molar-refractivity contribution >= 4 is 11.8 Å². The van der Waals surface area contributed by atoms with Crippen LogP contribution in [0, 0.1) is 0 Å². The Balaban J connectivity index is 1.07. The van der Waals surface area contributed by atoms with Gasteiger partial charge < -0.3 is 4.74 Å². The quantitative estimate of drug-likeness (QED) is 0.190. The van der Waals surface area contributed by atoms with E-state index in [4.69, 9.17) is 14.7 Å². The average Bonchev–Trinajstić information content (AvgIpc) is 3.79. The lowest BCUT2D eigenvalue weighted by atomic mass is 9.66. The van der Waals surface area contributed by atoms with E-state index in [1.807, 2.05) is 11.8 Å². The van der Waals surface area contributed by atoms with Crippen molar-refractivity contribution in [2.75, 3.05) is 0 Å². The van der Waals surface area contributed by atoms with E-state index in [0.717, 1.165) is 52.7 Å². The van der Waals surface area contributed by atoms with E-state index >= 15 is 0 Å². The summed E-state index contributed by atoms with van der Waals surface area (Å²) in [6.45, 7) is 0. The number of rotatable bonds is 4. The SMILES string of the molecule is c1ccc(-c2cc(-c3ccccc3)nc(C3CCC(c4ccc5c(c4)C4(c6ccccc6O5)c5ccccc5-c5ccccc54)S3)n2)cc1. The topological polar surface area (TPSA) is 35.0 Å². The van der Waals surface area contributed by atoms with E-state index in [1.54, 1.807) is 0 Å². The van der Waals surface area contributed by atoms with Gasteiger partial charge in [-0.1, -0.05) is 133 Å². The summed E-state index contributed by atoms with van der Waals surface area (Å²) in [6.07, 6.45) is 2.08. The summed E-state index contributed by atoms with van der Waals surface area (Å²) in [5.41, 5.74) is 12.7. The van der Waals surface area contributed by atoms with Gasteiger partial charge in [0.05, 0.1) is 22.1 Å². The summed E-state index contributed by atoms with van der Waals surface area (Å²) in [7, 11) is 0. The van der Waals surface area contributed by atoms with Gasteiger partial charge in [0.1, 0.15) is 17.3 Å². The molecule has 10 rings (SSSR count). The first-order valence-corrected chi connectivity index (χ1v) is 18.0. The molecular formula is C45H32N2OS. The molecule has 1 aliphatic carbocycles. The second kappa shape index (κ2) is 11.3. The van der Waals surface area contributed by atoms with Gasteiger partial charge in [0, 0.05) is 27.5 Å². The van der Waals surface area contributed by atoms with Crippen molar-refractivity contribution in [1.82, 2.24) is 9.97 Å². The van der Waals surface area contributed by atoms with Crippen LogP contribution in [0.25, 0.3) is 33.6 Å². The number of fused-ring (bicyclic) bond motifs is 9. The van der Waals surface area contributed by atoms with Crippen LogP contribution >= 0.6 is 11.8 Å². The molecule has 4 heteroatoms. The fourth-order valence-corrected chi connectivity index (χ4v) is 9.74. The molecule has 1 spiro atoms. The number of hydrogen-bond donors (Lipinski definition) is 0. The van der Waals surface area contributed by atoms with E-state index < -0.39 is 5.41 Å². The molecule has 2 unspecified atom stereocenters. The fraction of sp³-hybridized carbons (Fsp3) is 0.111. The number of hydrogen-bond acceptors (Lipinski definition) is 4. The zero-order valence-electron chi connectivity index (χ0n) is 26.8. The Kier molecular flexibility index (Phi) is 6.60. The summed E-state index contributed by atoms with van der Waals surface area (Å²) >= 11 is 2.00. The van der Waals surface area contributed by atoms with Crippen LogP contribution in [0.2, 0.25) is 0 Å². The number of nitrogens with zero attached hydrogens (tertiary/aromatic N) is 2. The first-order chi connectivity index (χ1) is 24.3. The maximum atomic E-state index is 6.69. The Morgan fingerprint density at radius 1 is 0.490 bits per heavy atom. The van der Waals surface area contributed by atoms with Gasteiger partial charge in [-0.3, -0.25) is 0 Å². The minimum atomic E-state index is -0.451. The summed E-state index contributed by atoms with van der Waals surface area (Å²) in [6, 6.07) is 56.4. The number of benzene rings is 6. The van der Waals surface area contributed by atoms with Crippen molar-refractivity contribution in [3.05, 3.63) is 191 Å². The molecule has 0 N–H and O–H groups in total. The van der Waals surface area contributed by atoms with Gasteiger partial charge in [-0.2, -0.15) is 0 Å². The van der Waals surface area contributed by atoms with Crippen LogP contribution in [-0.2, 0) is 5.41 Å². The maximum absolute atomic E-state index is 6.69. The van der Waals surface area contributed by atoms with Crippen LogP contribution in [-0.4, -0.2) is 9.97 Å². The standard InChI is InChI=1S/C45H32N2OS/c1-3-13-29(14-4-1)38-28-39(30-15-5-2-6-16-30)47-44(46-38)43-26-25-42(49-43)31-23-24-41-37(27-31)45(36-21-11-12-22-40(36)48-41)34-19-9-7-17-32(34)33-18-8-10-20-35(33)45/h1-24,27-28,42-43H,25-26H2. The van der Waals surface area contributed by atoms with Crippen molar-refractivity contribution in [3.8, 4) is 45.1 Å². The zero-order valence-corrected chi connectivity index (χ0v) is 27.6. The average molecular weight is 649 g/mol. The van der Waals surface area contributed by atoms with Crippen molar-refractivity contribution in [2.24, 2.45) is 0 Å². The molecule has 49 heavy (non-hydrogen) atoms. The third-order valence-corrected chi connectivity index (χ3v) is 12.0. The van der Waals surface area contributed by atoms with E-state index in [1.165, 1.54) is 38.9 Å². The molecule has 1 saturated heterocycles. The van der Waals surface area contributed by atoms with Gasteiger partial charge in [-0.15, -0.1) is 11.8 Å².